The van der Waals surface area contributed by atoms with Crippen LogP contribution in [0.4, 0.5) is 13.2 Å². The molecule has 6 heteroatoms. The van der Waals surface area contributed by atoms with E-state index in [1.54, 1.807) is 0 Å². The Morgan fingerprint density at radius 3 is 2.41 bits per heavy atom. The zero-order valence-electron chi connectivity index (χ0n) is 9.19. The van der Waals surface area contributed by atoms with Crippen molar-refractivity contribution in [2.75, 3.05) is 7.11 Å². The van der Waals surface area contributed by atoms with E-state index in [1.807, 2.05) is 0 Å². The zero-order valence-corrected chi connectivity index (χ0v) is 9.95. The highest BCUT2D eigenvalue weighted by Crippen LogP contribution is 2.37. The summed E-state index contributed by atoms with van der Waals surface area (Å²) in [6, 6.07) is 1.66. The average Bonchev–Trinajstić information content (AvgIpc) is 2.14. The van der Waals surface area contributed by atoms with Crippen molar-refractivity contribution in [1.29, 1.82) is 0 Å². The van der Waals surface area contributed by atoms with Crippen LogP contribution in [0.3, 0.4) is 0 Å². The van der Waals surface area contributed by atoms with E-state index in [0.717, 1.165) is 12.1 Å². The molecule has 0 aliphatic rings. The van der Waals surface area contributed by atoms with Gasteiger partial charge >= 0.3 is 6.18 Å². The van der Waals surface area contributed by atoms with Gasteiger partial charge in [-0.3, -0.25) is 4.79 Å². The summed E-state index contributed by atoms with van der Waals surface area (Å²) in [6.07, 6.45) is -4.64. The average molecular weight is 267 g/mol. The SMILES string of the molecule is COc1c(Cl)cc(C(F)(F)F)cc1CC(C)=O. The summed E-state index contributed by atoms with van der Waals surface area (Å²) in [6.45, 7) is 1.29. The van der Waals surface area contributed by atoms with Crippen molar-refractivity contribution in [3.63, 3.8) is 0 Å². The molecule has 0 saturated carbocycles. The first kappa shape index (κ1) is 13.8. The molecule has 0 saturated heterocycles. The van der Waals surface area contributed by atoms with E-state index in [4.69, 9.17) is 16.3 Å². The number of carbonyl (C=O) groups is 1. The molecule has 1 aromatic rings. The van der Waals surface area contributed by atoms with Crippen molar-refractivity contribution in [1.82, 2.24) is 0 Å². The smallest absolute Gasteiger partial charge is 0.416 e. The third kappa shape index (κ3) is 3.36. The van der Waals surface area contributed by atoms with E-state index in [-0.39, 0.29) is 28.5 Å². The molecular formula is C11H10ClF3O2. The van der Waals surface area contributed by atoms with Crippen LogP contribution in [0.2, 0.25) is 5.02 Å². The van der Waals surface area contributed by atoms with Crippen LogP contribution in [-0.4, -0.2) is 12.9 Å². The number of hydrogen-bond donors (Lipinski definition) is 0. The van der Waals surface area contributed by atoms with Gasteiger partial charge in [-0.1, -0.05) is 11.6 Å². The van der Waals surface area contributed by atoms with Crippen molar-refractivity contribution >= 4 is 17.4 Å². The molecule has 0 N–H and O–H groups in total. The molecule has 0 atom stereocenters. The van der Waals surface area contributed by atoms with Gasteiger partial charge in [0.2, 0.25) is 0 Å². The zero-order chi connectivity index (χ0) is 13.2. The van der Waals surface area contributed by atoms with Crippen LogP contribution in [0.1, 0.15) is 18.1 Å². The van der Waals surface area contributed by atoms with Gasteiger partial charge in [-0.2, -0.15) is 13.2 Å². The first-order valence-corrected chi connectivity index (χ1v) is 5.06. The lowest BCUT2D eigenvalue weighted by molar-refractivity contribution is -0.137. The van der Waals surface area contributed by atoms with Crippen molar-refractivity contribution in [3.8, 4) is 5.75 Å². The summed E-state index contributed by atoms with van der Waals surface area (Å²) in [4.78, 5) is 11.0. The number of halogens is 4. The molecule has 0 unspecified atom stereocenters. The van der Waals surface area contributed by atoms with Gasteiger partial charge in [-0.05, 0) is 19.1 Å². The summed E-state index contributed by atoms with van der Waals surface area (Å²) in [5.41, 5.74) is -0.751. The van der Waals surface area contributed by atoms with Gasteiger partial charge in [0, 0.05) is 12.0 Å². The first-order valence-electron chi connectivity index (χ1n) is 4.68. The van der Waals surface area contributed by atoms with Crippen LogP contribution in [0.25, 0.3) is 0 Å². The summed E-state index contributed by atoms with van der Waals surface area (Å²) in [7, 11) is 1.29. The molecular weight excluding hydrogens is 257 g/mol. The number of Topliss-reactive ketones (excluding diaryl/α,β-unsaturated/α-hetero) is 1. The second-order valence-electron chi connectivity index (χ2n) is 3.53. The lowest BCUT2D eigenvalue weighted by Crippen LogP contribution is -2.08. The predicted octanol–water partition coefficient (Wildman–Crippen LogP) is 3.50. The minimum atomic E-state index is -4.50. The van der Waals surface area contributed by atoms with Crippen LogP contribution >= 0.6 is 11.6 Å². The fraction of sp³-hybridized carbons (Fsp3) is 0.364. The normalized spacial score (nSPS) is 11.4. The summed E-state index contributed by atoms with van der Waals surface area (Å²) < 4.78 is 42.5. The number of alkyl halides is 3. The minimum absolute atomic E-state index is 0.106. The van der Waals surface area contributed by atoms with Gasteiger partial charge in [0.1, 0.15) is 11.5 Å². The van der Waals surface area contributed by atoms with Gasteiger partial charge < -0.3 is 4.74 Å². The predicted molar refractivity (Wildman–Crippen MR) is 57.4 cm³/mol. The first-order chi connectivity index (χ1) is 7.75. The Bertz CT molecular complexity index is 441. The number of methoxy groups -OCH3 is 1. The maximum absolute atomic E-state index is 12.5. The molecule has 0 radical (unpaired) electrons. The molecule has 2 nitrogen and oxygen atoms in total. The molecule has 0 heterocycles. The lowest BCUT2D eigenvalue weighted by atomic mass is 10.0. The van der Waals surface area contributed by atoms with Crippen LogP contribution in [0.15, 0.2) is 12.1 Å². The Morgan fingerprint density at radius 2 is 2.00 bits per heavy atom. The highest BCUT2D eigenvalue weighted by molar-refractivity contribution is 6.32. The highest BCUT2D eigenvalue weighted by Gasteiger charge is 2.32. The van der Waals surface area contributed by atoms with Gasteiger partial charge in [0.15, 0.2) is 0 Å². The van der Waals surface area contributed by atoms with Crippen molar-refractivity contribution in [3.05, 3.63) is 28.3 Å². The minimum Gasteiger partial charge on any atom is -0.495 e. The van der Waals surface area contributed by atoms with E-state index >= 15 is 0 Å². The Labute approximate surface area is 101 Å². The number of hydrogen-bond acceptors (Lipinski definition) is 2. The number of ketones is 1. The fourth-order valence-electron chi connectivity index (χ4n) is 1.44. The van der Waals surface area contributed by atoms with E-state index in [1.165, 1.54) is 14.0 Å². The van der Waals surface area contributed by atoms with E-state index in [2.05, 4.69) is 0 Å². The quantitative estimate of drug-likeness (QED) is 0.837. The Kier molecular flexibility index (Phi) is 4.03. The number of benzene rings is 1. The van der Waals surface area contributed by atoms with E-state index in [0.29, 0.717) is 0 Å². The fourth-order valence-corrected chi connectivity index (χ4v) is 1.76. The van der Waals surface area contributed by atoms with E-state index < -0.39 is 11.7 Å². The summed E-state index contributed by atoms with van der Waals surface area (Å²) >= 11 is 5.69. The number of carbonyl (C=O) groups excluding carboxylic acids is 1. The van der Waals surface area contributed by atoms with Crippen molar-refractivity contribution < 1.29 is 22.7 Å². The van der Waals surface area contributed by atoms with Gasteiger partial charge in [-0.15, -0.1) is 0 Å². The Morgan fingerprint density at radius 1 is 1.41 bits per heavy atom. The molecule has 1 aromatic carbocycles. The monoisotopic (exact) mass is 266 g/mol. The molecule has 0 spiro atoms. The van der Waals surface area contributed by atoms with E-state index in [9.17, 15) is 18.0 Å². The second kappa shape index (κ2) is 4.96. The van der Waals surface area contributed by atoms with Gasteiger partial charge in [-0.25, -0.2) is 0 Å². The molecule has 94 valence electrons. The second-order valence-corrected chi connectivity index (χ2v) is 3.93. The van der Waals surface area contributed by atoms with Crippen LogP contribution < -0.4 is 4.74 Å². The van der Waals surface area contributed by atoms with Crippen molar-refractivity contribution in [2.24, 2.45) is 0 Å². The maximum Gasteiger partial charge on any atom is 0.416 e. The summed E-state index contributed by atoms with van der Waals surface area (Å²) in [5.74, 6) is -0.159. The Balaban J connectivity index is 3.33. The topological polar surface area (TPSA) is 26.3 Å². The molecule has 1 rings (SSSR count). The number of rotatable bonds is 3. The molecule has 0 fully saturated rings. The molecule has 0 aliphatic heterocycles. The van der Waals surface area contributed by atoms with Crippen LogP contribution in [0, 0.1) is 0 Å². The van der Waals surface area contributed by atoms with Gasteiger partial charge in [0.05, 0.1) is 17.7 Å². The third-order valence-corrected chi connectivity index (χ3v) is 2.37. The van der Waals surface area contributed by atoms with Gasteiger partial charge in [0.25, 0.3) is 0 Å². The summed E-state index contributed by atoms with van der Waals surface area (Å²) in [5, 5.41) is -0.154. The highest BCUT2D eigenvalue weighted by atomic mass is 35.5. The number of ether oxygens (including phenoxy) is 1. The lowest BCUT2D eigenvalue weighted by Gasteiger charge is -2.13. The van der Waals surface area contributed by atoms with Crippen LogP contribution in [-0.2, 0) is 17.4 Å². The third-order valence-electron chi connectivity index (χ3n) is 2.09. The molecule has 0 bridgehead atoms. The molecule has 17 heavy (non-hydrogen) atoms. The molecule has 0 amide bonds. The largest absolute Gasteiger partial charge is 0.495 e. The van der Waals surface area contributed by atoms with Crippen molar-refractivity contribution in [2.45, 2.75) is 19.5 Å². The molecule has 0 aliphatic carbocycles. The maximum atomic E-state index is 12.5. The van der Waals surface area contributed by atoms with Crippen LogP contribution in [0.5, 0.6) is 5.75 Å². The standard InChI is InChI=1S/C11H10ClF3O2/c1-6(16)3-7-4-8(11(13,14)15)5-9(12)10(7)17-2/h4-5H,3H2,1-2H3. The molecule has 0 aromatic heterocycles. The Hall–Kier alpha value is -1.23.